The third-order valence-electron chi connectivity index (χ3n) is 4.65. The normalized spacial score (nSPS) is 18.2. The highest BCUT2D eigenvalue weighted by atomic mass is 32.1. The van der Waals surface area contributed by atoms with Crippen molar-refractivity contribution in [3.8, 4) is 0 Å². The van der Waals surface area contributed by atoms with Gasteiger partial charge >= 0.3 is 0 Å². The number of H-pyrrole nitrogens is 1. The van der Waals surface area contributed by atoms with E-state index < -0.39 is 0 Å². The van der Waals surface area contributed by atoms with Gasteiger partial charge in [0.25, 0.3) is 0 Å². The summed E-state index contributed by atoms with van der Waals surface area (Å²) in [6.07, 6.45) is 8.52. The van der Waals surface area contributed by atoms with Crippen LogP contribution in [0, 0.1) is 17.1 Å². The van der Waals surface area contributed by atoms with Gasteiger partial charge in [-0.25, -0.2) is 4.98 Å². The summed E-state index contributed by atoms with van der Waals surface area (Å²) in [7, 11) is 0. The molecule has 0 bridgehead atoms. The molecule has 3 nitrogen and oxygen atoms in total. The van der Waals surface area contributed by atoms with E-state index in [2.05, 4.69) is 34.4 Å². The second kappa shape index (κ2) is 4.75. The molecule has 0 atom stereocenters. The lowest BCUT2D eigenvalue weighted by Gasteiger charge is -2.27. The number of hydrogen-bond acceptors (Lipinski definition) is 2. The molecule has 1 fully saturated rings. The first kappa shape index (κ1) is 12.9. The fourth-order valence-corrected chi connectivity index (χ4v) is 3.64. The van der Waals surface area contributed by atoms with Crippen molar-refractivity contribution in [1.29, 1.82) is 0 Å². The molecule has 0 spiro atoms. The van der Waals surface area contributed by atoms with Gasteiger partial charge in [0.15, 0.2) is 10.4 Å². The van der Waals surface area contributed by atoms with E-state index in [9.17, 15) is 0 Å². The smallest absolute Gasteiger partial charge is 0.179 e. The van der Waals surface area contributed by atoms with Gasteiger partial charge in [-0.3, -0.25) is 0 Å². The van der Waals surface area contributed by atoms with Gasteiger partial charge in [-0.15, -0.1) is 0 Å². The molecule has 1 aliphatic carbocycles. The Hall–Kier alpha value is -1.16. The lowest BCUT2D eigenvalue weighted by atomic mass is 9.83. The van der Waals surface area contributed by atoms with Crippen molar-refractivity contribution in [2.24, 2.45) is 5.41 Å². The molecule has 4 heteroatoms. The van der Waals surface area contributed by atoms with E-state index in [1.165, 1.54) is 37.7 Å². The van der Waals surface area contributed by atoms with Gasteiger partial charge in [-0.1, -0.05) is 19.8 Å². The van der Waals surface area contributed by atoms with E-state index in [0.717, 1.165) is 22.5 Å². The van der Waals surface area contributed by atoms with Crippen molar-refractivity contribution in [3.63, 3.8) is 0 Å². The minimum atomic E-state index is 0.430. The van der Waals surface area contributed by atoms with Gasteiger partial charge in [0, 0.05) is 12.7 Å². The first-order valence-corrected chi connectivity index (χ1v) is 7.59. The van der Waals surface area contributed by atoms with Crippen molar-refractivity contribution >= 4 is 23.4 Å². The standard InChI is InChI=1S/C15H21N3S/c1-3-15(6-4-5-7-15)10-18-13-12(17-14(18)19)8-11(2)9-16-13/h8-9H,3-7,10H2,1-2H3,(H,17,19). The Labute approximate surface area is 119 Å². The Morgan fingerprint density at radius 1 is 1.42 bits per heavy atom. The van der Waals surface area contributed by atoms with Gasteiger partial charge in [0.1, 0.15) is 0 Å². The van der Waals surface area contributed by atoms with Crippen molar-refractivity contribution in [3.05, 3.63) is 22.6 Å². The fraction of sp³-hybridized carbons (Fsp3) is 0.600. The molecule has 1 aliphatic rings. The summed E-state index contributed by atoms with van der Waals surface area (Å²) in [5.74, 6) is 0. The number of aryl methyl sites for hydroxylation is 1. The van der Waals surface area contributed by atoms with Crippen LogP contribution in [0.3, 0.4) is 0 Å². The fourth-order valence-electron chi connectivity index (χ4n) is 3.38. The maximum absolute atomic E-state index is 5.50. The quantitative estimate of drug-likeness (QED) is 0.844. The molecule has 0 aromatic carbocycles. The second-order valence-corrected chi connectivity index (χ2v) is 6.35. The molecule has 0 unspecified atom stereocenters. The highest BCUT2D eigenvalue weighted by Gasteiger charge is 2.33. The monoisotopic (exact) mass is 275 g/mol. The zero-order valence-corrected chi connectivity index (χ0v) is 12.5. The van der Waals surface area contributed by atoms with Crippen molar-refractivity contribution in [2.45, 2.75) is 52.5 Å². The van der Waals surface area contributed by atoms with Gasteiger partial charge in [0.05, 0.1) is 5.52 Å². The molecule has 0 saturated heterocycles. The number of pyridine rings is 1. The Bertz CT molecular complexity index is 647. The second-order valence-electron chi connectivity index (χ2n) is 5.96. The molecule has 1 N–H and O–H groups in total. The highest BCUT2D eigenvalue weighted by Crippen LogP contribution is 2.42. The lowest BCUT2D eigenvalue weighted by molar-refractivity contribution is 0.239. The summed E-state index contributed by atoms with van der Waals surface area (Å²) in [6.45, 7) is 5.38. The first-order valence-electron chi connectivity index (χ1n) is 7.19. The van der Waals surface area contributed by atoms with Crippen molar-refractivity contribution in [1.82, 2.24) is 14.5 Å². The van der Waals surface area contributed by atoms with E-state index in [4.69, 9.17) is 12.2 Å². The van der Waals surface area contributed by atoms with Crippen LogP contribution in [-0.2, 0) is 6.54 Å². The summed E-state index contributed by atoms with van der Waals surface area (Å²) >= 11 is 5.50. The number of fused-ring (bicyclic) bond motifs is 1. The van der Waals surface area contributed by atoms with Crippen LogP contribution >= 0.6 is 12.2 Å². The number of rotatable bonds is 3. The van der Waals surface area contributed by atoms with E-state index >= 15 is 0 Å². The summed E-state index contributed by atoms with van der Waals surface area (Å²) < 4.78 is 3.02. The van der Waals surface area contributed by atoms with Crippen LogP contribution in [0.15, 0.2) is 12.3 Å². The summed E-state index contributed by atoms with van der Waals surface area (Å²) in [4.78, 5) is 7.87. The molecule has 2 heterocycles. The van der Waals surface area contributed by atoms with Crippen LogP contribution in [0.25, 0.3) is 11.2 Å². The summed E-state index contributed by atoms with van der Waals surface area (Å²) in [6, 6.07) is 2.13. The topological polar surface area (TPSA) is 33.6 Å². The summed E-state index contributed by atoms with van der Waals surface area (Å²) in [5.41, 5.74) is 3.67. The van der Waals surface area contributed by atoms with E-state index in [1.54, 1.807) is 0 Å². The molecule has 2 aromatic heterocycles. The van der Waals surface area contributed by atoms with Crippen LogP contribution in [0.1, 0.15) is 44.6 Å². The predicted octanol–water partition coefficient (Wildman–Crippen LogP) is 4.37. The number of nitrogens with one attached hydrogen (secondary N) is 1. The zero-order chi connectivity index (χ0) is 13.5. The molecule has 0 radical (unpaired) electrons. The predicted molar refractivity (Wildman–Crippen MR) is 80.8 cm³/mol. The number of aromatic amines is 1. The lowest BCUT2D eigenvalue weighted by Crippen LogP contribution is -2.23. The van der Waals surface area contributed by atoms with Gasteiger partial charge in [0.2, 0.25) is 0 Å². The van der Waals surface area contributed by atoms with Crippen LogP contribution in [0.2, 0.25) is 0 Å². The number of hydrogen-bond donors (Lipinski definition) is 1. The Kier molecular flexibility index (Phi) is 3.21. The molecule has 0 amide bonds. The zero-order valence-electron chi connectivity index (χ0n) is 11.7. The molecular formula is C15H21N3S. The minimum Gasteiger partial charge on any atom is -0.329 e. The number of imidazole rings is 1. The number of aromatic nitrogens is 3. The number of nitrogens with zero attached hydrogens (tertiary/aromatic N) is 2. The first-order chi connectivity index (χ1) is 9.13. The summed E-state index contributed by atoms with van der Waals surface area (Å²) in [5, 5.41) is 0. The third-order valence-corrected chi connectivity index (χ3v) is 4.98. The van der Waals surface area contributed by atoms with E-state index in [-0.39, 0.29) is 0 Å². The maximum Gasteiger partial charge on any atom is 0.179 e. The Morgan fingerprint density at radius 2 is 2.16 bits per heavy atom. The van der Waals surface area contributed by atoms with Crippen LogP contribution in [0.5, 0.6) is 0 Å². The van der Waals surface area contributed by atoms with Crippen LogP contribution < -0.4 is 0 Å². The minimum absolute atomic E-state index is 0.430. The average Bonchev–Trinajstić information content (AvgIpc) is 2.96. The van der Waals surface area contributed by atoms with Gasteiger partial charge in [-0.05, 0) is 55.4 Å². The van der Waals surface area contributed by atoms with Crippen LogP contribution in [-0.4, -0.2) is 14.5 Å². The molecule has 19 heavy (non-hydrogen) atoms. The molecule has 1 saturated carbocycles. The van der Waals surface area contributed by atoms with Crippen molar-refractivity contribution in [2.75, 3.05) is 0 Å². The third kappa shape index (κ3) is 2.22. The molecule has 2 aromatic rings. The SMILES string of the molecule is CCC1(Cn2c(=S)[nH]c3cc(C)cnc32)CCCC1. The van der Waals surface area contributed by atoms with E-state index in [0.29, 0.717) is 5.41 Å². The Morgan fingerprint density at radius 3 is 2.84 bits per heavy atom. The molecule has 3 rings (SSSR count). The Balaban J connectivity index is 2.05. The van der Waals surface area contributed by atoms with E-state index in [1.807, 2.05) is 6.20 Å². The highest BCUT2D eigenvalue weighted by molar-refractivity contribution is 7.71. The maximum atomic E-state index is 5.50. The van der Waals surface area contributed by atoms with Gasteiger partial charge < -0.3 is 9.55 Å². The largest absolute Gasteiger partial charge is 0.329 e. The average molecular weight is 275 g/mol. The molecule has 0 aliphatic heterocycles. The van der Waals surface area contributed by atoms with Crippen LogP contribution in [0.4, 0.5) is 0 Å². The van der Waals surface area contributed by atoms with Crippen molar-refractivity contribution < 1.29 is 0 Å². The molecule has 102 valence electrons. The van der Waals surface area contributed by atoms with Gasteiger partial charge in [-0.2, -0.15) is 0 Å². The molecular weight excluding hydrogens is 254 g/mol.